The smallest absolute Gasteiger partial charge is 0.262 e. The number of carbonyl (C=O) groups is 2. The van der Waals surface area contributed by atoms with Gasteiger partial charge in [-0.3, -0.25) is 9.59 Å². The van der Waals surface area contributed by atoms with Gasteiger partial charge in [0.1, 0.15) is 5.75 Å². The van der Waals surface area contributed by atoms with Gasteiger partial charge in [-0.05, 0) is 37.1 Å². The van der Waals surface area contributed by atoms with E-state index in [0.717, 1.165) is 5.56 Å². The molecule has 1 heterocycles. The number of aryl methyl sites for hydroxylation is 1. The zero-order valence-electron chi connectivity index (χ0n) is 16.0. The first kappa shape index (κ1) is 21.1. The average molecular weight is 437 g/mol. The Balaban J connectivity index is 1.71. The van der Waals surface area contributed by atoms with Crippen molar-refractivity contribution >= 4 is 38.9 Å². The molecule has 7 nitrogen and oxygen atoms in total. The SMILES string of the molecule is Cc1cc2c(cc1S(=O)(=O)C(C)CC(=O)NCc1ccccc1Cl)OCC(=O)N2. The highest BCUT2D eigenvalue weighted by Crippen LogP contribution is 2.34. The Labute approximate surface area is 174 Å². The molecule has 0 aromatic heterocycles. The number of fused-ring (bicyclic) bond motifs is 1. The summed E-state index contributed by atoms with van der Waals surface area (Å²) < 4.78 is 31.4. The Morgan fingerprint density at radius 2 is 2.03 bits per heavy atom. The van der Waals surface area contributed by atoms with Crippen molar-refractivity contribution in [3.63, 3.8) is 0 Å². The molecule has 0 saturated heterocycles. The molecule has 3 rings (SSSR count). The van der Waals surface area contributed by atoms with Crippen molar-refractivity contribution in [2.24, 2.45) is 0 Å². The topological polar surface area (TPSA) is 102 Å². The van der Waals surface area contributed by atoms with Crippen LogP contribution in [-0.4, -0.2) is 32.1 Å². The number of hydrogen-bond acceptors (Lipinski definition) is 5. The van der Waals surface area contributed by atoms with Gasteiger partial charge in [-0.25, -0.2) is 8.42 Å². The fourth-order valence-electron chi connectivity index (χ4n) is 3.02. The molecular formula is C20H21ClN2O5S. The van der Waals surface area contributed by atoms with Crippen LogP contribution in [0, 0.1) is 6.92 Å². The highest BCUT2D eigenvalue weighted by atomic mass is 35.5. The second-order valence-corrected chi connectivity index (χ2v) is 9.62. The second-order valence-electron chi connectivity index (χ2n) is 6.88. The second kappa shape index (κ2) is 8.42. The molecule has 29 heavy (non-hydrogen) atoms. The van der Waals surface area contributed by atoms with E-state index in [2.05, 4.69) is 10.6 Å². The predicted molar refractivity (Wildman–Crippen MR) is 110 cm³/mol. The predicted octanol–water partition coefficient (Wildman–Crippen LogP) is 2.85. The molecule has 2 aromatic rings. The Hall–Kier alpha value is -2.58. The number of rotatable bonds is 6. The lowest BCUT2D eigenvalue weighted by atomic mass is 10.2. The monoisotopic (exact) mass is 436 g/mol. The fraction of sp³-hybridized carbons (Fsp3) is 0.300. The highest BCUT2D eigenvalue weighted by Gasteiger charge is 2.29. The van der Waals surface area contributed by atoms with Crippen molar-refractivity contribution in [2.75, 3.05) is 11.9 Å². The standard InChI is InChI=1S/C20H21ClN2O5S/c1-12-7-16-17(28-11-20(25)23-16)9-18(12)29(26,27)13(2)8-19(24)22-10-14-5-3-4-6-15(14)21/h3-7,9,13H,8,10-11H2,1-2H3,(H,22,24)(H,23,25). The third-order valence-corrected chi connectivity index (χ3v) is 7.30. The van der Waals surface area contributed by atoms with Crippen LogP contribution in [0.2, 0.25) is 5.02 Å². The van der Waals surface area contributed by atoms with E-state index in [1.54, 1.807) is 31.2 Å². The Bertz CT molecular complexity index is 1070. The molecule has 0 fully saturated rings. The molecule has 0 aliphatic carbocycles. The number of hydrogen-bond donors (Lipinski definition) is 2. The van der Waals surface area contributed by atoms with Crippen molar-refractivity contribution in [1.29, 1.82) is 0 Å². The lowest BCUT2D eigenvalue weighted by Gasteiger charge is -2.21. The summed E-state index contributed by atoms with van der Waals surface area (Å²) in [5, 5.41) is 4.94. The van der Waals surface area contributed by atoms with Gasteiger partial charge >= 0.3 is 0 Å². The van der Waals surface area contributed by atoms with Crippen LogP contribution < -0.4 is 15.4 Å². The maximum absolute atomic E-state index is 13.0. The van der Waals surface area contributed by atoms with E-state index in [9.17, 15) is 18.0 Å². The van der Waals surface area contributed by atoms with E-state index >= 15 is 0 Å². The normalized spacial score (nSPS) is 14.4. The van der Waals surface area contributed by atoms with Crippen LogP contribution in [0.25, 0.3) is 0 Å². The zero-order valence-corrected chi connectivity index (χ0v) is 17.6. The van der Waals surface area contributed by atoms with E-state index in [4.69, 9.17) is 16.3 Å². The van der Waals surface area contributed by atoms with Crippen LogP contribution in [0.15, 0.2) is 41.3 Å². The molecule has 9 heteroatoms. The number of anilines is 1. The summed E-state index contributed by atoms with van der Waals surface area (Å²) in [6, 6.07) is 10.1. The summed E-state index contributed by atoms with van der Waals surface area (Å²) in [5.74, 6) is -0.389. The maximum Gasteiger partial charge on any atom is 0.262 e. The first-order valence-corrected chi connectivity index (χ1v) is 10.9. The minimum Gasteiger partial charge on any atom is -0.482 e. The van der Waals surface area contributed by atoms with Crippen LogP contribution in [0.1, 0.15) is 24.5 Å². The molecule has 2 aromatic carbocycles. The third kappa shape index (κ3) is 4.71. The molecule has 0 radical (unpaired) electrons. The zero-order chi connectivity index (χ0) is 21.2. The number of nitrogens with one attached hydrogen (secondary N) is 2. The lowest BCUT2D eigenvalue weighted by Crippen LogP contribution is -2.30. The van der Waals surface area contributed by atoms with Crippen molar-refractivity contribution < 1.29 is 22.7 Å². The van der Waals surface area contributed by atoms with Crippen molar-refractivity contribution in [3.05, 3.63) is 52.5 Å². The molecule has 1 aliphatic rings. The Morgan fingerprint density at radius 3 is 2.76 bits per heavy atom. The van der Waals surface area contributed by atoms with Crippen LogP contribution >= 0.6 is 11.6 Å². The largest absolute Gasteiger partial charge is 0.482 e. The Kier molecular flexibility index (Phi) is 6.14. The van der Waals surface area contributed by atoms with Gasteiger partial charge in [0.15, 0.2) is 16.4 Å². The third-order valence-electron chi connectivity index (χ3n) is 4.65. The summed E-state index contributed by atoms with van der Waals surface area (Å²) in [6.07, 6.45) is -0.194. The van der Waals surface area contributed by atoms with Crippen LogP contribution in [-0.2, 0) is 26.0 Å². The van der Waals surface area contributed by atoms with Gasteiger partial charge in [-0.2, -0.15) is 0 Å². The maximum atomic E-state index is 13.0. The van der Waals surface area contributed by atoms with Crippen molar-refractivity contribution in [2.45, 2.75) is 37.0 Å². The van der Waals surface area contributed by atoms with Gasteiger partial charge in [0, 0.05) is 24.1 Å². The number of amides is 2. The average Bonchev–Trinajstić information content (AvgIpc) is 2.66. The van der Waals surface area contributed by atoms with Gasteiger partial charge in [0.25, 0.3) is 5.91 Å². The number of sulfone groups is 1. The lowest BCUT2D eigenvalue weighted by molar-refractivity contribution is -0.121. The molecule has 2 amide bonds. The van der Waals surface area contributed by atoms with Crippen LogP contribution in [0.4, 0.5) is 5.69 Å². The van der Waals surface area contributed by atoms with E-state index < -0.39 is 15.1 Å². The summed E-state index contributed by atoms with van der Waals surface area (Å²) in [7, 11) is -3.78. The fourth-order valence-corrected chi connectivity index (χ4v) is 4.80. The Morgan fingerprint density at radius 1 is 1.31 bits per heavy atom. The van der Waals surface area contributed by atoms with E-state index in [-0.39, 0.29) is 36.3 Å². The molecule has 2 N–H and O–H groups in total. The summed E-state index contributed by atoms with van der Waals surface area (Å²) in [4.78, 5) is 23.8. The van der Waals surface area contributed by atoms with Crippen molar-refractivity contribution in [3.8, 4) is 5.75 Å². The van der Waals surface area contributed by atoms with E-state index in [0.29, 0.717) is 22.0 Å². The quantitative estimate of drug-likeness (QED) is 0.725. The molecule has 0 saturated carbocycles. The summed E-state index contributed by atoms with van der Waals surface area (Å²) >= 11 is 6.07. The highest BCUT2D eigenvalue weighted by molar-refractivity contribution is 7.92. The minimum absolute atomic E-state index is 0.0822. The number of benzene rings is 2. The van der Waals surface area contributed by atoms with Gasteiger partial charge in [0.05, 0.1) is 15.8 Å². The van der Waals surface area contributed by atoms with Gasteiger partial charge in [-0.15, -0.1) is 0 Å². The number of ether oxygens (including phenoxy) is 1. The summed E-state index contributed by atoms with van der Waals surface area (Å²) in [5.41, 5.74) is 1.66. The van der Waals surface area contributed by atoms with Crippen LogP contribution in [0.3, 0.4) is 0 Å². The number of carbonyl (C=O) groups excluding carboxylic acids is 2. The molecule has 1 aliphatic heterocycles. The van der Waals surface area contributed by atoms with E-state index in [1.807, 2.05) is 6.07 Å². The molecule has 154 valence electrons. The summed E-state index contributed by atoms with van der Waals surface area (Å²) in [6.45, 7) is 3.18. The molecule has 1 unspecified atom stereocenters. The van der Waals surface area contributed by atoms with Gasteiger partial charge < -0.3 is 15.4 Å². The van der Waals surface area contributed by atoms with Gasteiger partial charge in [0.2, 0.25) is 5.91 Å². The van der Waals surface area contributed by atoms with Crippen LogP contribution in [0.5, 0.6) is 5.75 Å². The first-order chi connectivity index (χ1) is 13.7. The number of halogens is 1. The molecule has 0 bridgehead atoms. The molecular weight excluding hydrogens is 416 g/mol. The first-order valence-electron chi connectivity index (χ1n) is 9.00. The van der Waals surface area contributed by atoms with E-state index in [1.165, 1.54) is 13.0 Å². The van der Waals surface area contributed by atoms with Gasteiger partial charge in [-0.1, -0.05) is 29.8 Å². The van der Waals surface area contributed by atoms with Crippen molar-refractivity contribution in [1.82, 2.24) is 5.32 Å². The minimum atomic E-state index is -3.78. The molecule has 1 atom stereocenters. The molecule has 0 spiro atoms.